The van der Waals surface area contributed by atoms with Gasteiger partial charge in [-0.1, -0.05) is 18.2 Å². The number of anilines is 1. The molecule has 0 saturated heterocycles. The van der Waals surface area contributed by atoms with Gasteiger partial charge in [-0.25, -0.2) is 0 Å². The van der Waals surface area contributed by atoms with Crippen LogP contribution < -0.4 is 25.7 Å². The molecular weight excluding hydrogens is 396 g/mol. The minimum Gasteiger partial charge on any atom is -0.493 e. The highest BCUT2D eigenvalue weighted by Gasteiger charge is 2.25. The van der Waals surface area contributed by atoms with Crippen LogP contribution in [0, 0.1) is 5.41 Å². The molecule has 0 unspecified atom stereocenters. The van der Waals surface area contributed by atoms with Crippen molar-refractivity contribution in [3.8, 4) is 39.6 Å². The second kappa shape index (κ2) is 7.60. The lowest BCUT2D eigenvalue weighted by atomic mass is 9.99. The summed E-state index contributed by atoms with van der Waals surface area (Å²) in [6.45, 7) is 0. The summed E-state index contributed by atoms with van der Waals surface area (Å²) in [5, 5.41) is 13.5. The van der Waals surface area contributed by atoms with Crippen molar-refractivity contribution < 1.29 is 14.2 Å². The van der Waals surface area contributed by atoms with E-state index in [4.69, 9.17) is 31.1 Å². The normalized spacial score (nSPS) is 11.0. The first-order valence-corrected chi connectivity index (χ1v) is 9.49. The quantitative estimate of drug-likeness (QED) is 0.336. The first-order valence-electron chi connectivity index (χ1n) is 9.49. The Morgan fingerprint density at radius 1 is 1.03 bits per heavy atom. The smallest absolute Gasteiger partial charge is 0.215 e. The van der Waals surface area contributed by atoms with Gasteiger partial charge in [-0.3, -0.25) is 5.41 Å². The van der Waals surface area contributed by atoms with Crippen LogP contribution in [0.4, 0.5) is 5.82 Å². The van der Waals surface area contributed by atoms with Crippen molar-refractivity contribution in [3.05, 3.63) is 42.6 Å². The number of para-hydroxylation sites is 1. The molecule has 0 radical (unpaired) electrons. The van der Waals surface area contributed by atoms with Crippen molar-refractivity contribution in [2.75, 3.05) is 27.1 Å². The molecule has 160 valence electrons. The Morgan fingerprint density at radius 3 is 2.26 bits per heavy atom. The number of rotatable bonds is 5. The second-order valence-corrected chi connectivity index (χ2v) is 6.99. The Kier molecular flexibility index (Phi) is 4.94. The molecule has 0 aliphatic carbocycles. The zero-order valence-electron chi connectivity index (χ0n) is 17.8. The molecule has 0 aliphatic rings. The number of nitrogens with one attached hydrogen (secondary N) is 1. The van der Waals surface area contributed by atoms with E-state index in [0.717, 1.165) is 16.5 Å². The lowest BCUT2D eigenvalue weighted by Gasteiger charge is -2.14. The van der Waals surface area contributed by atoms with E-state index in [1.54, 1.807) is 33.5 Å². The van der Waals surface area contributed by atoms with Crippen LogP contribution in [0.15, 0.2) is 42.6 Å². The maximum Gasteiger partial charge on any atom is 0.215 e. The lowest BCUT2D eigenvalue weighted by molar-refractivity contribution is 0.324. The highest BCUT2D eigenvalue weighted by Crippen LogP contribution is 2.45. The molecule has 2 aromatic carbocycles. The Labute approximate surface area is 179 Å². The molecule has 2 aromatic heterocycles. The van der Waals surface area contributed by atoms with Crippen molar-refractivity contribution in [1.29, 1.82) is 5.41 Å². The predicted molar refractivity (Wildman–Crippen MR) is 121 cm³/mol. The summed E-state index contributed by atoms with van der Waals surface area (Å²) in [4.78, 5) is 0. The van der Waals surface area contributed by atoms with Crippen LogP contribution in [0.5, 0.6) is 17.2 Å². The molecule has 9 nitrogen and oxygen atoms in total. The van der Waals surface area contributed by atoms with Crippen LogP contribution in [0.2, 0.25) is 0 Å². The summed E-state index contributed by atoms with van der Waals surface area (Å²) in [6, 6.07) is 11.6. The van der Waals surface area contributed by atoms with Crippen molar-refractivity contribution >= 4 is 22.7 Å². The summed E-state index contributed by atoms with van der Waals surface area (Å²) in [5.41, 5.74) is 16.0. The number of hydrogen-bond acceptors (Lipinski definition) is 6. The predicted octanol–water partition coefficient (Wildman–Crippen LogP) is 3.06. The fraction of sp³-hybridized carbons (Fsp3) is 0.182. The van der Waals surface area contributed by atoms with E-state index in [1.807, 2.05) is 42.1 Å². The third-order valence-electron chi connectivity index (χ3n) is 5.25. The molecule has 0 fully saturated rings. The highest BCUT2D eigenvalue weighted by atomic mass is 16.5. The van der Waals surface area contributed by atoms with Gasteiger partial charge in [0.05, 0.1) is 26.9 Å². The van der Waals surface area contributed by atoms with Crippen molar-refractivity contribution in [3.63, 3.8) is 0 Å². The summed E-state index contributed by atoms with van der Waals surface area (Å²) >= 11 is 0. The Hall–Kier alpha value is -4.14. The van der Waals surface area contributed by atoms with Crippen molar-refractivity contribution in [2.24, 2.45) is 12.8 Å². The van der Waals surface area contributed by atoms with Gasteiger partial charge in [0.15, 0.2) is 11.5 Å². The number of nitrogens with zero attached hydrogens (tertiary/aromatic N) is 3. The zero-order chi connectivity index (χ0) is 22.3. The summed E-state index contributed by atoms with van der Waals surface area (Å²) < 4.78 is 19.7. The summed E-state index contributed by atoms with van der Waals surface area (Å²) in [6.07, 6.45) is 1.99. The van der Waals surface area contributed by atoms with Crippen LogP contribution in [0.3, 0.4) is 0 Å². The first kappa shape index (κ1) is 20.1. The van der Waals surface area contributed by atoms with Gasteiger partial charge >= 0.3 is 0 Å². The second-order valence-electron chi connectivity index (χ2n) is 6.99. The summed E-state index contributed by atoms with van der Waals surface area (Å²) in [7, 11) is 6.62. The van der Waals surface area contributed by atoms with Gasteiger partial charge in [0, 0.05) is 35.3 Å². The molecule has 4 aromatic rings. The fourth-order valence-corrected chi connectivity index (χ4v) is 3.84. The van der Waals surface area contributed by atoms with Gasteiger partial charge in [-0.05, 0) is 18.2 Å². The van der Waals surface area contributed by atoms with Gasteiger partial charge < -0.3 is 30.2 Å². The molecule has 0 amide bonds. The molecule has 0 spiro atoms. The van der Waals surface area contributed by atoms with Gasteiger partial charge in [-0.15, -0.1) is 0 Å². The minimum atomic E-state index is -0.280. The van der Waals surface area contributed by atoms with Crippen LogP contribution in [-0.4, -0.2) is 41.6 Å². The maximum absolute atomic E-state index is 7.92. The van der Waals surface area contributed by atoms with E-state index in [2.05, 4.69) is 5.10 Å². The molecule has 0 atom stereocenters. The number of ether oxygens (including phenoxy) is 3. The molecule has 9 heteroatoms. The minimum absolute atomic E-state index is 0.271. The van der Waals surface area contributed by atoms with Gasteiger partial charge in [0.25, 0.3) is 0 Å². The number of aryl methyl sites for hydroxylation is 1. The maximum atomic E-state index is 7.92. The topological polar surface area (TPSA) is 126 Å². The Morgan fingerprint density at radius 2 is 1.68 bits per heavy atom. The van der Waals surface area contributed by atoms with E-state index in [1.165, 1.54) is 4.68 Å². The first-order chi connectivity index (χ1) is 14.9. The Bertz CT molecular complexity index is 1280. The highest BCUT2D eigenvalue weighted by molar-refractivity contribution is 6.04. The molecule has 0 saturated carbocycles. The van der Waals surface area contributed by atoms with E-state index < -0.39 is 0 Å². The van der Waals surface area contributed by atoms with E-state index in [0.29, 0.717) is 34.1 Å². The number of benzene rings is 2. The molecule has 31 heavy (non-hydrogen) atoms. The summed E-state index contributed by atoms with van der Waals surface area (Å²) in [5.74, 6) is 1.43. The number of methoxy groups -OCH3 is 3. The molecule has 0 bridgehead atoms. The van der Waals surface area contributed by atoms with Crippen LogP contribution in [0.25, 0.3) is 33.3 Å². The van der Waals surface area contributed by atoms with Gasteiger partial charge in [-0.2, -0.15) is 9.78 Å². The van der Waals surface area contributed by atoms with Crippen molar-refractivity contribution in [1.82, 2.24) is 14.3 Å². The molecular formula is C22H24N6O3. The number of nitrogen functional groups attached to an aromatic ring is 2. The molecule has 0 aliphatic heterocycles. The largest absolute Gasteiger partial charge is 0.493 e. The average molecular weight is 420 g/mol. The molecule has 4 rings (SSSR count). The third-order valence-corrected chi connectivity index (χ3v) is 5.25. The molecule has 2 heterocycles. The van der Waals surface area contributed by atoms with Crippen LogP contribution >= 0.6 is 0 Å². The number of fused-ring (bicyclic) bond motifs is 1. The SMILES string of the molecule is COc1cc(-c2nn(C(=N)N)c(N)c2-c2cn(C)c3ccccc23)cc(OC)c1OC. The standard InChI is InChI=1S/C22H24N6O3/c1-27-11-14(13-7-5-6-8-15(13)27)18-19(26-28(21(18)23)22(24)25)12-9-16(29-2)20(31-4)17(10-12)30-3/h5-11H,23H2,1-4H3,(H3,24,25). The average Bonchev–Trinajstić information content (AvgIpc) is 3.29. The van der Waals surface area contributed by atoms with Gasteiger partial charge in [0.1, 0.15) is 11.5 Å². The van der Waals surface area contributed by atoms with Crippen LogP contribution in [0.1, 0.15) is 0 Å². The van der Waals surface area contributed by atoms with E-state index in [-0.39, 0.29) is 11.8 Å². The van der Waals surface area contributed by atoms with Crippen LogP contribution in [-0.2, 0) is 7.05 Å². The fourth-order valence-electron chi connectivity index (χ4n) is 3.84. The number of hydrogen-bond donors (Lipinski definition) is 3. The lowest BCUT2D eigenvalue weighted by Crippen LogP contribution is -2.23. The van der Waals surface area contributed by atoms with Gasteiger partial charge in [0.2, 0.25) is 11.7 Å². The van der Waals surface area contributed by atoms with Crippen molar-refractivity contribution in [2.45, 2.75) is 0 Å². The van der Waals surface area contributed by atoms with E-state index >= 15 is 0 Å². The van der Waals surface area contributed by atoms with E-state index in [9.17, 15) is 0 Å². The number of aromatic nitrogens is 3. The molecule has 5 N–H and O–H groups in total. The monoisotopic (exact) mass is 420 g/mol. The third kappa shape index (κ3) is 3.10. The number of nitrogens with two attached hydrogens (primary N) is 2. The Balaban J connectivity index is 2.07. The zero-order valence-corrected chi connectivity index (χ0v) is 17.8.